The van der Waals surface area contributed by atoms with Gasteiger partial charge in [-0.2, -0.15) is 0 Å². The van der Waals surface area contributed by atoms with Gasteiger partial charge in [0.15, 0.2) is 0 Å². The number of nitrogens with zero attached hydrogens (tertiary/aromatic N) is 1. The summed E-state index contributed by atoms with van der Waals surface area (Å²) in [5, 5.41) is 6.59. The third kappa shape index (κ3) is 5.44. The summed E-state index contributed by atoms with van der Waals surface area (Å²) >= 11 is 18.8. The highest BCUT2D eigenvalue weighted by Gasteiger charge is 2.22. The summed E-state index contributed by atoms with van der Waals surface area (Å²) < 4.78 is 2.76. The van der Waals surface area contributed by atoms with Gasteiger partial charge < -0.3 is 10.6 Å². The second-order valence-corrected chi connectivity index (χ2v) is 9.73. The Morgan fingerprint density at radius 2 is 1.53 bits per heavy atom. The molecule has 4 aromatic rings. The van der Waals surface area contributed by atoms with E-state index in [2.05, 4.69) is 47.9 Å². The number of hydrogen-bond acceptors (Lipinski definition) is 3. The van der Waals surface area contributed by atoms with Crippen LogP contribution < -0.4 is 16.1 Å². The molecular weight excluding hydrogens is 611 g/mol. The van der Waals surface area contributed by atoms with Crippen LogP contribution in [-0.2, 0) is 9.59 Å². The molecule has 0 saturated carbocycles. The fourth-order valence-electron chi connectivity index (χ4n) is 3.16. The second kappa shape index (κ2) is 10.2. The van der Waals surface area contributed by atoms with Crippen LogP contribution in [0.2, 0.25) is 10.0 Å². The molecule has 0 aliphatic rings. The number of carbonyl (C=O) groups is 3. The van der Waals surface area contributed by atoms with Crippen LogP contribution in [0.4, 0.5) is 11.4 Å². The number of carbonyl (C=O) groups excluding carboxylic acids is 3. The molecule has 0 saturated heterocycles. The minimum Gasteiger partial charge on any atom is -0.321 e. The first-order valence-corrected chi connectivity index (χ1v) is 12.0. The van der Waals surface area contributed by atoms with E-state index in [-0.39, 0.29) is 16.4 Å². The molecule has 0 aliphatic heterocycles. The maximum absolute atomic E-state index is 13.1. The molecule has 3 amide bonds. The summed E-state index contributed by atoms with van der Waals surface area (Å²) in [5.41, 5.74) is 3.86. The quantitative estimate of drug-likeness (QED) is 0.228. The SMILES string of the molecule is O=C(Nc1ccc(Br)cc1Cl)C(=O)Nn1c(C(=O)Nc2cccc(Cl)c2)cc2cc(Br)ccc21. The van der Waals surface area contributed by atoms with Gasteiger partial charge in [-0.25, -0.2) is 4.68 Å². The third-order valence-corrected chi connectivity index (χ3v) is 6.21. The van der Waals surface area contributed by atoms with Crippen LogP contribution >= 0.6 is 55.1 Å². The minimum atomic E-state index is -0.990. The van der Waals surface area contributed by atoms with Crippen LogP contribution in [0.25, 0.3) is 10.9 Å². The molecule has 1 heterocycles. The summed E-state index contributed by atoms with van der Waals surface area (Å²) in [5.74, 6) is -2.45. The molecule has 3 aromatic carbocycles. The summed E-state index contributed by atoms with van der Waals surface area (Å²) in [6.45, 7) is 0. The molecular formula is C23H14Br2Cl2N4O3. The molecule has 3 N–H and O–H groups in total. The van der Waals surface area contributed by atoms with Crippen molar-refractivity contribution in [2.45, 2.75) is 0 Å². The van der Waals surface area contributed by atoms with Gasteiger partial charge >= 0.3 is 11.8 Å². The molecule has 0 aliphatic carbocycles. The van der Waals surface area contributed by atoms with E-state index >= 15 is 0 Å². The van der Waals surface area contributed by atoms with E-state index in [0.29, 0.717) is 21.6 Å². The number of fused-ring (bicyclic) bond motifs is 1. The molecule has 34 heavy (non-hydrogen) atoms. The number of rotatable bonds is 4. The predicted octanol–water partition coefficient (Wildman–Crippen LogP) is 6.43. The summed E-state index contributed by atoms with van der Waals surface area (Å²) in [6, 6.07) is 18.3. The number of nitrogens with one attached hydrogen (secondary N) is 3. The standard InChI is InChI=1S/C23H14Br2Cl2N4O3/c24-13-5-7-19-12(8-13)9-20(21(32)28-16-3-1-2-15(26)11-16)31(19)30-23(34)22(33)29-18-6-4-14(25)10-17(18)27/h1-11H,(H,28,32)(H,29,33)(H,30,34). The number of aromatic nitrogens is 1. The zero-order valence-electron chi connectivity index (χ0n) is 17.0. The molecule has 11 heteroatoms. The van der Waals surface area contributed by atoms with Crippen molar-refractivity contribution < 1.29 is 14.4 Å². The lowest BCUT2D eigenvalue weighted by Crippen LogP contribution is -2.36. The summed E-state index contributed by atoms with van der Waals surface area (Å²) in [6.07, 6.45) is 0. The molecule has 0 atom stereocenters. The van der Waals surface area contributed by atoms with E-state index in [4.69, 9.17) is 23.2 Å². The highest BCUT2D eigenvalue weighted by Crippen LogP contribution is 2.26. The Bertz CT molecular complexity index is 1460. The lowest BCUT2D eigenvalue weighted by molar-refractivity contribution is -0.133. The Morgan fingerprint density at radius 1 is 0.794 bits per heavy atom. The Balaban J connectivity index is 1.63. The Hall–Kier alpha value is -2.85. The summed E-state index contributed by atoms with van der Waals surface area (Å²) in [7, 11) is 0. The highest BCUT2D eigenvalue weighted by molar-refractivity contribution is 9.10. The van der Waals surface area contributed by atoms with Crippen molar-refractivity contribution in [2.75, 3.05) is 16.1 Å². The first kappa shape index (κ1) is 24.3. The van der Waals surface area contributed by atoms with Crippen molar-refractivity contribution in [1.29, 1.82) is 0 Å². The van der Waals surface area contributed by atoms with E-state index in [0.717, 1.165) is 8.95 Å². The van der Waals surface area contributed by atoms with Crippen molar-refractivity contribution in [2.24, 2.45) is 0 Å². The lowest BCUT2D eigenvalue weighted by atomic mass is 10.2. The second-order valence-electron chi connectivity index (χ2n) is 7.05. The Morgan fingerprint density at radius 3 is 2.26 bits per heavy atom. The molecule has 4 rings (SSSR count). The zero-order chi connectivity index (χ0) is 24.4. The molecule has 172 valence electrons. The van der Waals surface area contributed by atoms with Crippen molar-refractivity contribution >= 4 is 95.1 Å². The number of benzene rings is 3. The molecule has 0 spiro atoms. The number of halogens is 4. The van der Waals surface area contributed by atoms with Crippen molar-refractivity contribution in [3.8, 4) is 0 Å². The molecule has 0 fully saturated rings. The van der Waals surface area contributed by atoms with Crippen LogP contribution in [0.5, 0.6) is 0 Å². The number of anilines is 2. The van der Waals surface area contributed by atoms with Crippen molar-refractivity contribution in [3.05, 3.63) is 91.4 Å². The topological polar surface area (TPSA) is 92.2 Å². The van der Waals surface area contributed by atoms with Gasteiger partial charge in [0.25, 0.3) is 5.91 Å². The largest absolute Gasteiger partial charge is 0.328 e. The summed E-state index contributed by atoms with van der Waals surface area (Å²) in [4.78, 5) is 38.3. The lowest BCUT2D eigenvalue weighted by Gasteiger charge is -2.13. The van der Waals surface area contributed by atoms with Gasteiger partial charge in [-0.15, -0.1) is 0 Å². The Labute approximate surface area is 220 Å². The maximum atomic E-state index is 13.1. The van der Waals surface area contributed by atoms with Gasteiger partial charge in [-0.05, 0) is 60.7 Å². The van der Waals surface area contributed by atoms with E-state index < -0.39 is 17.7 Å². The molecule has 1 aromatic heterocycles. The van der Waals surface area contributed by atoms with Crippen LogP contribution in [0.1, 0.15) is 10.5 Å². The number of hydrogen-bond donors (Lipinski definition) is 3. The monoisotopic (exact) mass is 622 g/mol. The van der Waals surface area contributed by atoms with Crippen molar-refractivity contribution in [1.82, 2.24) is 4.68 Å². The van der Waals surface area contributed by atoms with Gasteiger partial charge in [-0.3, -0.25) is 19.8 Å². The minimum absolute atomic E-state index is 0.107. The van der Waals surface area contributed by atoms with Crippen LogP contribution in [0.3, 0.4) is 0 Å². The number of amides is 3. The van der Waals surface area contributed by atoms with E-state index in [9.17, 15) is 14.4 Å². The smallest absolute Gasteiger partial charge is 0.321 e. The first-order valence-electron chi connectivity index (χ1n) is 9.66. The fourth-order valence-corrected chi connectivity index (χ4v) is 4.45. The van der Waals surface area contributed by atoms with Gasteiger partial charge in [0.1, 0.15) is 5.69 Å². The molecule has 0 radical (unpaired) electrons. The van der Waals surface area contributed by atoms with E-state index in [1.165, 1.54) is 4.68 Å². The zero-order valence-corrected chi connectivity index (χ0v) is 21.7. The van der Waals surface area contributed by atoms with Gasteiger partial charge in [0.2, 0.25) is 0 Å². The third-order valence-electron chi connectivity index (χ3n) is 4.68. The van der Waals surface area contributed by atoms with Crippen LogP contribution in [-0.4, -0.2) is 22.4 Å². The van der Waals surface area contributed by atoms with E-state index in [1.807, 2.05) is 0 Å². The average Bonchev–Trinajstić information content (AvgIpc) is 3.13. The first-order chi connectivity index (χ1) is 16.2. The van der Waals surface area contributed by atoms with Gasteiger partial charge in [0, 0.05) is 25.0 Å². The predicted molar refractivity (Wildman–Crippen MR) is 141 cm³/mol. The maximum Gasteiger partial charge on any atom is 0.328 e. The molecule has 0 bridgehead atoms. The van der Waals surface area contributed by atoms with Crippen LogP contribution in [0, 0.1) is 0 Å². The average molecular weight is 625 g/mol. The van der Waals surface area contributed by atoms with Crippen LogP contribution in [0.15, 0.2) is 75.7 Å². The highest BCUT2D eigenvalue weighted by atomic mass is 79.9. The van der Waals surface area contributed by atoms with Gasteiger partial charge in [-0.1, -0.05) is 61.1 Å². The molecule has 0 unspecified atom stereocenters. The van der Waals surface area contributed by atoms with Crippen molar-refractivity contribution in [3.63, 3.8) is 0 Å². The molecule has 7 nitrogen and oxygen atoms in total. The fraction of sp³-hybridized carbons (Fsp3) is 0. The normalized spacial score (nSPS) is 10.7. The van der Waals surface area contributed by atoms with Gasteiger partial charge in [0.05, 0.1) is 16.2 Å². The Kier molecular flexibility index (Phi) is 7.27. The van der Waals surface area contributed by atoms with E-state index in [1.54, 1.807) is 66.7 Å².